The monoisotopic (exact) mass is 381 g/mol. The second kappa shape index (κ2) is 7.13. The van der Waals surface area contributed by atoms with Gasteiger partial charge in [0.15, 0.2) is 16.5 Å². The van der Waals surface area contributed by atoms with Crippen molar-refractivity contribution < 1.29 is 24.5 Å². The van der Waals surface area contributed by atoms with Gasteiger partial charge in [0.05, 0.1) is 0 Å². The summed E-state index contributed by atoms with van der Waals surface area (Å²) in [6.45, 7) is 6.16. The van der Waals surface area contributed by atoms with E-state index in [0.717, 1.165) is 25.9 Å². The van der Waals surface area contributed by atoms with Gasteiger partial charge in [-0.1, -0.05) is 11.6 Å². The molecule has 0 aliphatic carbocycles. The number of carboxylic acids is 1. The third-order valence-corrected chi connectivity index (χ3v) is 4.88. The van der Waals surface area contributed by atoms with Crippen molar-refractivity contribution in [3.8, 4) is 5.75 Å². The number of fused-ring (bicyclic) bond motifs is 1. The summed E-state index contributed by atoms with van der Waals surface area (Å²) in [6.07, 6.45) is 0.254. The number of ether oxygens (including phenoxy) is 1. The fourth-order valence-electron chi connectivity index (χ4n) is 3.21. The molecule has 2 N–H and O–H groups in total. The van der Waals surface area contributed by atoms with Gasteiger partial charge in [0.25, 0.3) is 0 Å². The first-order chi connectivity index (χ1) is 12.3. The van der Waals surface area contributed by atoms with Gasteiger partial charge in [-0.05, 0) is 38.8 Å². The van der Waals surface area contributed by atoms with Gasteiger partial charge in [-0.2, -0.15) is 0 Å². The van der Waals surface area contributed by atoms with E-state index in [-0.39, 0.29) is 16.9 Å². The minimum Gasteiger partial charge on any atom is -0.487 e. The quantitative estimate of drug-likeness (QED) is 0.783. The summed E-state index contributed by atoms with van der Waals surface area (Å²) < 4.78 is 6.57. The molecular formula is C17H20ClN3O5. The highest BCUT2D eigenvalue weighted by atomic mass is 35.5. The molecule has 8 nitrogen and oxygen atoms in total. The molecule has 140 valence electrons. The van der Waals surface area contributed by atoms with Crippen molar-refractivity contribution in [2.75, 3.05) is 13.1 Å². The Kier molecular flexibility index (Phi) is 5.06. The molecule has 0 aromatic carbocycles. The predicted octanol–water partition coefficient (Wildman–Crippen LogP) is 3.17. The van der Waals surface area contributed by atoms with E-state index in [0.29, 0.717) is 21.7 Å². The summed E-state index contributed by atoms with van der Waals surface area (Å²) >= 11 is 6.17. The zero-order chi connectivity index (χ0) is 19.0. The summed E-state index contributed by atoms with van der Waals surface area (Å²) in [5.41, 5.74) is -0.416. The molecular weight excluding hydrogens is 362 g/mol. The van der Waals surface area contributed by atoms with Gasteiger partial charge in [-0.15, -0.1) is 0 Å². The topological polar surface area (TPSA) is 105 Å². The van der Waals surface area contributed by atoms with Crippen molar-refractivity contribution in [1.82, 2.24) is 14.5 Å². The van der Waals surface area contributed by atoms with Crippen LogP contribution in [-0.4, -0.2) is 62.0 Å². The van der Waals surface area contributed by atoms with Crippen LogP contribution in [0.3, 0.4) is 0 Å². The maximum Gasteiger partial charge on any atom is 0.417 e. The third-order valence-electron chi connectivity index (χ3n) is 4.61. The number of likely N-dealkylation sites (tertiary alicyclic amines) is 1. The predicted molar refractivity (Wildman–Crippen MR) is 95.5 cm³/mol. The van der Waals surface area contributed by atoms with Crippen LogP contribution in [0, 0.1) is 0 Å². The minimum absolute atomic E-state index is 0.0118. The summed E-state index contributed by atoms with van der Waals surface area (Å²) in [6, 6.07) is 3.29. The van der Waals surface area contributed by atoms with Crippen LogP contribution in [0.1, 0.15) is 37.2 Å². The Morgan fingerprint density at radius 1 is 1.27 bits per heavy atom. The normalized spacial score (nSPS) is 16.3. The summed E-state index contributed by atoms with van der Waals surface area (Å²) in [4.78, 5) is 29.1. The maximum absolute atomic E-state index is 11.4. The molecule has 1 aliphatic rings. The fraction of sp³-hybridized carbons (Fsp3) is 0.471. The fourth-order valence-corrected chi connectivity index (χ4v) is 3.39. The molecule has 2 aromatic heterocycles. The number of hydrogen-bond donors (Lipinski definition) is 2. The molecule has 1 fully saturated rings. The smallest absolute Gasteiger partial charge is 0.417 e. The first-order valence-corrected chi connectivity index (χ1v) is 8.75. The van der Waals surface area contributed by atoms with Crippen LogP contribution in [0.4, 0.5) is 4.79 Å². The lowest BCUT2D eigenvalue weighted by Gasteiger charge is -2.34. The molecule has 26 heavy (non-hydrogen) atoms. The zero-order valence-electron chi connectivity index (χ0n) is 14.5. The number of pyridine rings is 1. The molecule has 3 rings (SSSR count). The van der Waals surface area contributed by atoms with E-state index >= 15 is 0 Å². The molecule has 0 atom stereocenters. The van der Waals surface area contributed by atoms with Crippen LogP contribution in [-0.2, 0) is 0 Å². The summed E-state index contributed by atoms with van der Waals surface area (Å²) in [7, 11) is 0. The van der Waals surface area contributed by atoms with E-state index in [1.54, 1.807) is 6.07 Å². The van der Waals surface area contributed by atoms with Crippen LogP contribution >= 0.6 is 11.6 Å². The first kappa shape index (κ1) is 18.5. The van der Waals surface area contributed by atoms with Crippen LogP contribution in [0.5, 0.6) is 5.75 Å². The molecule has 0 bridgehead atoms. The van der Waals surface area contributed by atoms with Gasteiger partial charge >= 0.3 is 12.1 Å². The molecule has 0 unspecified atom stereocenters. The number of aromatic nitrogens is 2. The molecule has 0 saturated carbocycles. The van der Waals surface area contributed by atoms with Crippen molar-refractivity contribution >= 4 is 34.7 Å². The Hall–Kier alpha value is -2.32. The minimum atomic E-state index is -1.43. The van der Waals surface area contributed by atoms with Crippen LogP contribution < -0.4 is 4.74 Å². The average Bonchev–Trinajstić information content (AvgIpc) is 2.94. The van der Waals surface area contributed by atoms with Gasteiger partial charge in [0.2, 0.25) is 0 Å². The second-order valence-corrected chi connectivity index (χ2v) is 6.95. The Labute approximate surface area is 154 Å². The molecule has 0 amide bonds. The maximum atomic E-state index is 11.4. The number of rotatable bonds is 4. The Balaban J connectivity index is 1.88. The second-order valence-electron chi connectivity index (χ2n) is 6.59. The standard InChI is InChI=1S/C17H20ClN3O5/c1-9(2)20-5-3-11(4-6-20)26-13-8-10-7-12(16(22)23)21(17(24)25)15(10)19-14(13)18/h7-9,11H,3-6H2,1-2H3,(H,22,23)(H,24,25). The van der Waals surface area contributed by atoms with E-state index < -0.39 is 17.8 Å². The van der Waals surface area contributed by atoms with Gasteiger partial charge < -0.3 is 19.8 Å². The number of nitrogens with zero attached hydrogens (tertiary/aromatic N) is 3. The van der Waals surface area contributed by atoms with E-state index in [1.807, 2.05) is 0 Å². The highest BCUT2D eigenvalue weighted by Crippen LogP contribution is 2.31. The number of halogens is 1. The van der Waals surface area contributed by atoms with Gasteiger partial charge in [0.1, 0.15) is 11.8 Å². The molecule has 1 aliphatic heterocycles. The SMILES string of the molecule is CC(C)N1CCC(Oc2cc3cc(C(=O)O)n(C(=O)O)c3nc2Cl)CC1. The van der Waals surface area contributed by atoms with E-state index in [4.69, 9.17) is 16.3 Å². The van der Waals surface area contributed by atoms with Crippen molar-refractivity contribution in [1.29, 1.82) is 0 Å². The van der Waals surface area contributed by atoms with Crippen LogP contribution in [0.25, 0.3) is 11.0 Å². The Bertz CT molecular complexity index is 856. The van der Waals surface area contributed by atoms with E-state index in [9.17, 15) is 19.8 Å². The lowest BCUT2D eigenvalue weighted by molar-refractivity contribution is 0.0684. The van der Waals surface area contributed by atoms with Gasteiger partial charge in [0, 0.05) is 24.5 Å². The number of carbonyl (C=O) groups is 2. The highest BCUT2D eigenvalue weighted by Gasteiger charge is 2.25. The Morgan fingerprint density at radius 3 is 2.46 bits per heavy atom. The lowest BCUT2D eigenvalue weighted by Crippen LogP contribution is -2.41. The first-order valence-electron chi connectivity index (χ1n) is 8.37. The van der Waals surface area contributed by atoms with E-state index in [2.05, 4.69) is 23.7 Å². The van der Waals surface area contributed by atoms with Crippen LogP contribution in [0.15, 0.2) is 12.1 Å². The van der Waals surface area contributed by atoms with Crippen molar-refractivity contribution in [3.63, 3.8) is 0 Å². The average molecular weight is 382 g/mol. The van der Waals surface area contributed by atoms with Gasteiger partial charge in [-0.3, -0.25) is 0 Å². The third kappa shape index (κ3) is 3.47. The van der Waals surface area contributed by atoms with Crippen LogP contribution in [0.2, 0.25) is 5.15 Å². The zero-order valence-corrected chi connectivity index (χ0v) is 15.2. The highest BCUT2D eigenvalue weighted by molar-refractivity contribution is 6.31. The number of aromatic carboxylic acids is 1. The van der Waals surface area contributed by atoms with Crippen molar-refractivity contribution in [3.05, 3.63) is 23.0 Å². The molecule has 2 aromatic rings. The number of hydrogen-bond acceptors (Lipinski definition) is 5. The Morgan fingerprint density at radius 2 is 1.92 bits per heavy atom. The molecule has 0 spiro atoms. The molecule has 0 radical (unpaired) electrons. The molecule has 1 saturated heterocycles. The largest absolute Gasteiger partial charge is 0.487 e. The van der Waals surface area contributed by atoms with E-state index in [1.165, 1.54) is 6.07 Å². The number of piperidine rings is 1. The van der Waals surface area contributed by atoms with Crippen molar-refractivity contribution in [2.24, 2.45) is 0 Å². The summed E-state index contributed by atoms with van der Waals surface area (Å²) in [5, 5.41) is 18.8. The lowest BCUT2D eigenvalue weighted by atomic mass is 10.1. The molecule has 3 heterocycles. The van der Waals surface area contributed by atoms with Crippen molar-refractivity contribution in [2.45, 2.75) is 38.8 Å². The summed E-state index contributed by atoms with van der Waals surface area (Å²) in [5.74, 6) is -1.02. The number of carboxylic acid groups (broad SMARTS) is 2. The van der Waals surface area contributed by atoms with Gasteiger partial charge in [-0.25, -0.2) is 19.1 Å². The molecule has 9 heteroatoms.